The first-order valence-electron chi connectivity index (χ1n) is 10.4. The molecular weight excluding hydrogens is 544 g/mol. The third-order valence-corrected chi connectivity index (χ3v) is 3.80. The minimum atomic E-state index is -1.64. The molecule has 39 heavy (non-hydrogen) atoms. The average Bonchev–Trinajstić information content (AvgIpc) is 2.89. The van der Waals surface area contributed by atoms with Crippen LogP contribution < -0.4 is 5.43 Å². The number of nitrogens with zero attached hydrogens (tertiary/aromatic N) is 4. The van der Waals surface area contributed by atoms with Crippen LogP contribution in [0.2, 0.25) is 0 Å². The van der Waals surface area contributed by atoms with E-state index in [1.807, 2.05) is 0 Å². The Morgan fingerprint density at radius 3 is 1.82 bits per heavy atom. The van der Waals surface area contributed by atoms with Gasteiger partial charge in [-0.25, -0.2) is 35.9 Å². The number of oxime groups is 1. The summed E-state index contributed by atoms with van der Waals surface area (Å²) in [4.78, 5) is 22.5. The summed E-state index contributed by atoms with van der Waals surface area (Å²) in [6.45, 7) is 3.18. The molecule has 0 radical (unpaired) electrons. The number of anilines is 1. The van der Waals surface area contributed by atoms with Gasteiger partial charge in [0.1, 0.15) is 12.5 Å². The molecule has 0 bridgehead atoms. The molecule has 17 heteroatoms. The van der Waals surface area contributed by atoms with Crippen molar-refractivity contribution in [3.05, 3.63) is 71.1 Å². The van der Waals surface area contributed by atoms with Crippen LogP contribution in [0.15, 0.2) is 56.7 Å². The lowest BCUT2D eigenvalue weighted by atomic mass is 10.3. The molecule has 0 unspecified atom stereocenters. The van der Waals surface area contributed by atoms with Crippen LogP contribution in [0.1, 0.15) is 13.8 Å². The van der Waals surface area contributed by atoms with Crippen molar-refractivity contribution in [3.63, 3.8) is 0 Å². The third-order valence-electron chi connectivity index (χ3n) is 3.80. The van der Waals surface area contributed by atoms with Gasteiger partial charge < -0.3 is 19.8 Å². The number of ether oxygens (including phenoxy) is 2. The number of aliphatic hydroxyl groups is 1. The molecule has 0 aliphatic carbocycles. The van der Waals surface area contributed by atoms with Gasteiger partial charge in [-0.15, -0.1) is 10.2 Å². The molecule has 2 aromatic carbocycles. The number of carbonyl (C=O) groups excluding carboxylic acids is 2. The average molecular weight is 563 g/mol. The van der Waals surface area contributed by atoms with Crippen molar-refractivity contribution in [2.45, 2.75) is 13.8 Å². The Labute approximate surface area is 215 Å². The molecule has 0 fully saturated rings. The Balaban J connectivity index is 0.000000391. The third kappa shape index (κ3) is 10.1. The van der Waals surface area contributed by atoms with Gasteiger partial charge in [-0.05, 0) is 13.8 Å². The number of hydrazone groups is 1. The first kappa shape index (κ1) is 32.1. The van der Waals surface area contributed by atoms with E-state index < -0.39 is 58.3 Å². The van der Waals surface area contributed by atoms with Gasteiger partial charge in [0.05, 0.1) is 24.6 Å². The second-order valence-corrected chi connectivity index (χ2v) is 6.49. The molecule has 0 amide bonds. The van der Waals surface area contributed by atoms with Crippen LogP contribution in [-0.4, -0.2) is 47.4 Å². The molecule has 3 N–H and O–H groups in total. The minimum Gasteiger partial charge on any atom is -0.513 e. The minimum absolute atomic E-state index is 0.0471. The topological polar surface area (TPSA) is 155 Å². The summed E-state index contributed by atoms with van der Waals surface area (Å²) < 4.78 is 86.1. The van der Waals surface area contributed by atoms with E-state index in [1.165, 1.54) is 6.92 Å². The Morgan fingerprint density at radius 2 is 1.36 bits per heavy atom. The number of nitrogens with one attached hydrogen (secondary N) is 1. The first-order valence-corrected chi connectivity index (χ1v) is 10.4. The maximum absolute atomic E-state index is 12.9. The van der Waals surface area contributed by atoms with Gasteiger partial charge in [-0.3, -0.25) is 5.43 Å². The van der Waals surface area contributed by atoms with Gasteiger partial charge in [-0.1, -0.05) is 5.16 Å². The number of esters is 2. The van der Waals surface area contributed by atoms with Gasteiger partial charge in [0.2, 0.25) is 5.70 Å². The number of benzene rings is 2. The van der Waals surface area contributed by atoms with E-state index in [2.05, 4.69) is 35.4 Å². The predicted molar refractivity (Wildman–Crippen MR) is 122 cm³/mol. The molecule has 0 aliphatic rings. The Bertz CT molecular complexity index is 1260. The molecule has 11 nitrogen and oxygen atoms in total. The maximum Gasteiger partial charge on any atom is 0.362 e. The fourth-order valence-electron chi connectivity index (χ4n) is 2.17. The number of hydrogen-bond donors (Lipinski definition) is 3. The van der Waals surface area contributed by atoms with Gasteiger partial charge in [0.15, 0.2) is 40.6 Å². The zero-order valence-corrected chi connectivity index (χ0v) is 20.0. The Hall–Kier alpha value is -4.96. The van der Waals surface area contributed by atoms with Gasteiger partial charge in [0.25, 0.3) is 0 Å². The van der Waals surface area contributed by atoms with E-state index in [4.69, 9.17) is 10.3 Å². The van der Waals surface area contributed by atoms with Crippen LogP contribution in [0, 0.1) is 34.9 Å². The number of rotatable bonds is 9. The lowest BCUT2D eigenvalue weighted by Gasteiger charge is -2.04. The molecular formula is C22H19F6N5O6. The first-order chi connectivity index (χ1) is 18.5. The summed E-state index contributed by atoms with van der Waals surface area (Å²) in [5.74, 6) is -10.9. The van der Waals surface area contributed by atoms with E-state index in [1.54, 1.807) is 6.92 Å². The largest absolute Gasteiger partial charge is 0.513 e. The molecule has 210 valence electrons. The van der Waals surface area contributed by atoms with Crippen LogP contribution in [0.25, 0.3) is 0 Å². The molecule has 0 saturated carbocycles. The molecule has 2 rings (SSSR count). The lowest BCUT2D eigenvalue weighted by molar-refractivity contribution is -0.138. The quantitative estimate of drug-likeness (QED) is 0.0444. The number of azo groups is 1. The second kappa shape index (κ2) is 16.0. The predicted octanol–water partition coefficient (Wildman–Crippen LogP) is 5.05. The van der Waals surface area contributed by atoms with Crippen molar-refractivity contribution in [2.75, 3.05) is 18.6 Å². The highest BCUT2D eigenvalue weighted by atomic mass is 19.2. The van der Waals surface area contributed by atoms with Crippen molar-refractivity contribution in [2.24, 2.45) is 20.5 Å². The van der Waals surface area contributed by atoms with E-state index in [9.17, 15) is 35.9 Å². The van der Waals surface area contributed by atoms with Crippen LogP contribution in [0.5, 0.6) is 0 Å². The van der Waals surface area contributed by atoms with Gasteiger partial charge >= 0.3 is 11.9 Å². The molecule has 0 spiro atoms. The van der Waals surface area contributed by atoms with E-state index in [-0.39, 0.29) is 24.6 Å². The van der Waals surface area contributed by atoms with Crippen molar-refractivity contribution < 1.29 is 55.7 Å². The summed E-state index contributed by atoms with van der Waals surface area (Å²) in [6.07, 6.45) is 0.999. The highest BCUT2D eigenvalue weighted by molar-refractivity contribution is 6.59. The summed E-state index contributed by atoms with van der Waals surface area (Å²) in [5, 5.41) is 29.7. The summed E-state index contributed by atoms with van der Waals surface area (Å²) in [7, 11) is 0. The monoisotopic (exact) mass is 563 g/mol. The SMILES string of the molecule is CCOC(=O)C(/C=N/O)=N/Nc1cc(F)c(F)c(F)c1.CCOC(=O)C(=CO)N=Nc1cc(F)c(F)c(F)c1. The number of carbonyl (C=O) groups is 2. The van der Waals surface area contributed by atoms with Crippen LogP contribution >= 0.6 is 0 Å². The van der Waals surface area contributed by atoms with Crippen LogP contribution in [-0.2, 0) is 19.1 Å². The highest BCUT2D eigenvalue weighted by Crippen LogP contribution is 2.21. The van der Waals surface area contributed by atoms with Crippen LogP contribution in [0.3, 0.4) is 0 Å². The molecule has 0 heterocycles. The highest BCUT2D eigenvalue weighted by Gasteiger charge is 2.14. The van der Waals surface area contributed by atoms with E-state index in [0.29, 0.717) is 36.7 Å². The second-order valence-electron chi connectivity index (χ2n) is 6.49. The molecule has 2 aromatic rings. The van der Waals surface area contributed by atoms with Crippen molar-refractivity contribution >= 4 is 35.2 Å². The fraction of sp³-hybridized carbons (Fsp3) is 0.182. The Morgan fingerprint density at radius 1 is 0.872 bits per heavy atom. The van der Waals surface area contributed by atoms with E-state index >= 15 is 0 Å². The van der Waals surface area contributed by atoms with Gasteiger partial charge in [-0.2, -0.15) is 5.10 Å². The number of hydrogen-bond acceptors (Lipinski definition) is 11. The maximum atomic E-state index is 12.9. The lowest BCUT2D eigenvalue weighted by Crippen LogP contribution is -2.20. The molecule has 0 aliphatic heterocycles. The summed E-state index contributed by atoms with van der Waals surface area (Å²) in [6, 6.07) is 2.45. The Kier molecular flexibility index (Phi) is 13.2. The van der Waals surface area contributed by atoms with E-state index in [0.717, 1.165) is 0 Å². The van der Waals surface area contributed by atoms with Gasteiger partial charge in [0, 0.05) is 24.3 Å². The smallest absolute Gasteiger partial charge is 0.362 e. The number of halogens is 6. The van der Waals surface area contributed by atoms with Crippen molar-refractivity contribution in [3.8, 4) is 0 Å². The summed E-state index contributed by atoms with van der Waals surface area (Å²) >= 11 is 0. The van der Waals surface area contributed by atoms with Crippen LogP contribution in [0.4, 0.5) is 37.7 Å². The van der Waals surface area contributed by atoms with Crippen molar-refractivity contribution in [1.82, 2.24) is 0 Å². The zero-order valence-electron chi connectivity index (χ0n) is 20.0. The molecule has 0 atom stereocenters. The number of aliphatic hydroxyl groups excluding tert-OH is 1. The molecule has 0 aromatic heterocycles. The molecule has 0 saturated heterocycles. The standard InChI is InChI=1S/C11H10F3N3O3.C11H9F3N2O3/c1-2-20-11(18)9(5-15-19)17-16-6-3-7(12)10(14)8(13)4-6;1-2-19-11(18)9(5-17)16-15-6-3-7(12)10(14)8(13)4-6/h3-5,16,19H,2H2,1H3;3-5,17H,2H2,1H3/b15-5+,17-9+;. The summed E-state index contributed by atoms with van der Waals surface area (Å²) in [5.41, 5.74) is 0.506. The normalized spacial score (nSPS) is 11.8. The fourth-order valence-corrected chi connectivity index (χ4v) is 2.17. The zero-order chi connectivity index (χ0) is 29.5. The van der Waals surface area contributed by atoms with Crippen molar-refractivity contribution in [1.29, 1.82) is 0 Å².